The van der Waals surface area contributed by atoms with Crippen molar-refractivity contribution in [2.75, 3.05) is 6.61 Å². The molecule has 0 spiro atoms. The zero-order valence-electron chi connectivity index (χ0n) is 24.6. The van der Waals surface area contributed by atoms with Gasteiger partial charge in [-0.1, -0.05) is 0 Å². The molecule has 0 aliphatic rings. The Morgan fingerprint density at radius 3 is 1.48 bits per heavy atom. The van der Waals surface area contributed by atoms with E-state index in [0.717, 1.165) is 6.42 Å². The molecular formula is C29H62O2SiSn. The van der Waals surface area contributed by atoms with Crippen LogP contribution < -0.4 is 0 Å². The molecular weight excluding hydrogens is 527 g/mol. The molecule has 0 aliphatic carbocycles. The quantitative estimate of drug-likeness (QED) is 0.152. The molecule has 2 atom stereocenters. The number of allylic oxidation sites excluding steroid dienone is 1. The monoisotopic (exact) mass is 590 g/mol. The topological polar surface area (TPSA) is 29.5 Å². The van der Waals surface area contributed by atoms with Gasteiger partial charge in [0.2, 0.25) is 0 Å². The molecule has 0 saturated heterocycles. The zero-order chi connectivity index (χ0) is 25.7. The van der Waals surface area contributed by atoms with Crippen molar-refractivity contribution in [2.24, 2.45) is 5.92 Å². The maximum atomic E-state index is 11.1. The Balaban J connectivity index is 6.14. The number of aliphatic hydroxyl groups excluding tert-OH is 1. The molecule has 0 aromatic carbocycles. The molecule has 0 bridgehead atoms. The van der Waals surface area contributed by atoms with Gasteiger partial charge in [0.05, 0.1) is 0 Å². The van der Waals surface area contributed by atoms with E-state index in [0.29, 0.717) is 23.2 Å². The number of unbranched alkanes of at least 4 members (excludes halogenated alkanes) is 3. The van der Waals surface area contributed by atoms with Crippen molar-refractivity contribution in [1.29, 1.82) is 0 Å². The van der Waals surface area contributed by atoms with Crippen LogP contribution in [-0.2, 0) is 4.43 Å². The summed E-state index contributed by atoms with van der Waals surface area (Å²) in [6, 6.07) is 0. The number of hydrogen-bond donors (Lipinski definition) is 1. The third-order valence-electron chi connectivity index (χ3n) is 8.47. The molecule has 0 aromatic rings. The summed E-state index contributed by atoms with van der Waals surface area (Å²) < 4.78 is 13.2. The fourth-order valence-corrected chi connectivity index (χ4v) is 27.8. The molecule has 0 saturated carbocycles. The zero-order valence-corrected chi connectivity index (χ0v) is 28.5. The molecule has 0 fully saturated rings. The first-order chi connectivity index (χ1) is 15.5. The van der Waals surface area contributed by atoms with Gasteiger partial charge in [0.15, 0.2) is 0 Å². The molecule has 0 heterocycles. The van der Waals surface area contributed by atoms with Crippen molar-refractivity contribution in [2.45, 2.75) is 157 Å². The van der Waals surface area contributed by atoms with Crippen molar-refractivity contribution in [3.63, 3.8) is 0 Å². The normalized spacial score (nSPS) is 15.7. The molecule has 0 radical (unpaired) electrons. The van der Waals surface area contributed by atoms with Gasteiger partial charge >= 0.3 is 216 Å². The Morgan fingerprint density at radius 1 is 0.788 bits per heavy atom. The second-order valence-electron chi connectivity index (χ2n) is 11.7. The molecule has 0 aliphatic heterocycles. The van der Waals surface area contributed by atoms with Gasteiger partial charge < -0.3 is 0 Å². The van der Waals surface area contributed by atoms with Gasteiger partial charge in [-0.25, -0.2) is 0 Å². The van der Waals surface area contributed by atoms with Gasteiger partial charge in [0.1, 0.15) is 0 Å². The minimum atomic E-state index is -2.44. The summed E-state index contributed by atoms with van der Waals surface area (Å²) in [5.41, 5.74) is 1.75. The van der Waals surface area contributed by atoms with Gasteiger partial charge in [-0.3, -0.25) is 0 Å². The molecule has 198 valence electrons. The number of rotatable bonds is 19. The van der Waals surface area contributed by atoms with E-state index in [1.807, 2.05) is 0 Å². The molecule has 0 aromatic heterocycles. The molecule has 0 unspecified atom stereocenters. The maximum absolute atomic E-state index is 11.1. The van der Waals surface area contributed by atoms with Crippen LogP contribution in [0.2, 0.25) is 29.9 Å². The van der Waals surface area contributed by atoms with E-state index in [1.54, 1.807) is 3.59 Å². The second kappa shape index (κ2) is 17.2. The van der Waals surface area contributed by atoms with Crippen LogP contribution in [-0.4, -0.2) is 44.5 Å². The predicted molar refractivity (Wildman–Crippen MR) is 155 cm³/mol. The molecule has 1 N–H and O–H groups in total. The van der Waals surface area contributed by atoms with Gasteiger partial charge in [0, 0.05) is 0 Å². The molecule has 4 heteroatoms. The third kappa shape index (κ3) is 9.92. The Labute approximate surface area is 214 Å². The van der Waals surface area contributed by atoms with E-state index >= 15 is 0 Å². The van der Waals surface area contributed by atoms with Gasteiger partial charge in [-0.05, 0) is 0 Å². The van der Waals surface area contributed by atoms with E-state index < -0.39 is 26.7 Å². The van der Waals surface area contributed by atoms with Crippen molar-refractivity contribution in [3.8, 4) is 0 Å². The van der Waals surface area contributed by atoms with Crippen molar-refractivity contribution >= 4 is 26.7 Å². The van der Waals surface area contributed by atoms with E-state index in [-0.39, 0.29) is 12.0 Å². The van der Waals surface area contributed by atoms with Crippen LogP contribution >= 0.6 is 0 Å². The van der Waals surface area contributed by atoms with E-state index in [9.17, 15) is 5.11 Å². The van der Waals surface area contributed by atoms with Crippen LogP contribution in [0.15, 0.2) is 9.67 Å². The van der Waals surface area contributed by atoms with Crippen molar-refractivity contribution in [1.82, 2.24) is 0 Å². The van der Waals surface area contributed by atoms with Crippen molar-refractivity contribution in [3.05, 3.63) is 9.67 Å². The van der Waals surface area contributed by atoms with E-state index in [1.165, 1.54) is 51.8 Å². The molecule has 0 amide bonds. The Bertz CT molecular complexity index is 486. The summed E-state index contributed by atoms with van der Waals surface area (Å²) in [6.45, 7) is 26.5. The first kappa shape index (κ1) is 33.7. The SMILES string of the molecule is CCC[CH2][Sn]([CH2]CCC)([CH2]CCC)/[C](C)=C/[C@H](CO[Si](C(C)C)(C(C)C)C(C)C)[C@H](O)CC. The Hall–Kier alpha value is 0.676. The van der Waals surface area contributed by atoms with Crippen LogP contribution in [0.1, 0.15) is 121 Å². The van der Waals surface area contributed by atoms with Crippen LogP contribution in [0.3, 0.4) is 0 Å². The molecule has 0 rings (SSSR count). The van der Waals surface area contributed by atoms with E-state index in [2.05, 4.69) is 82.2 Å². The first-order valence-corrected chi connectivity index (χ1v) is 24.1. The number of hydrogen-bond acceptors (Lipinski definition) is 2. The van der Waals surface area contributed by atoms with Crippen LogP contribution in [0.4, 0.5) is 0 Å². The van der Waals surface area contributed by atoms with E-state index in [4.69, 9.17) is 4.43 Å². The fourth-order valence-electron chi connectivity index (χ4n) is 6.32. The van der Waals surface area contributed by atoms with Crippen molar-refractivity contribution < 1.29 is 9.53 Å². The molecule has 33 heavy (non-hydrogen) atoms. The average molecular weight is 590 g/mol. The summed E-state index contributed by atoms with van der Waals surface area (Å²) in [7, 11) is -1.93. The first-order valence-electron chi connectivity index (χ1n) is 14.5. The van der Waals surface area contributed by atoms with Crippen LogP contribution in [0, 0.1) is 5.92 Å². The average Bonchev–Trinajstić information content (AvgIpc) is 2.76. The van der Waals surface area contributed by atoms with Gasteiger partial charge in [-0.15, -0.1) is 0 Å². The van der Waals surface area contributed by atoms with Crippen LogP contribution in [0.5, 0.6) is 0 Å². The number of aliphatic hydroxyl groups is 1. The van der Waals surface area contributed by atoms with Gasteiger partial charge in [-0.2, -0.15) is 0 Å². The predicted octanol–water partition coefficient (Wildman–Crippen LogP) is 9.90. The van der Waals surface area contributed by atoms with Crippen LogP contribution in [0.25, 0.3) is 0 Å². The standard InChI is InChI=1S/C17H35O2Si.3C4H9.Sn/c1-9-11-16(17(18)10-2)12-19-20(13(3)4,14(5)6)15(7)8;3*1-3-4-2;/h11,13-18H,10,12H2,1-8H3;3*1,3-4H2,2H3;/t16-,17-;;;;/m1..../s1. The fraction of sp³-hybridized carbons (Fsp3) is 0.931. The Kier molecular flexibility index (Phi) is 17.5. The summed E-state index contributed by atoms with van der Waals surface area (Å²) in [6.07, 6.45) is 11.1. The third-order valence-corrected chi connectivity index (χ3v) is 31.0. The summed E-state index contributed by atoms with van der Waals surface area (Å²) in [5, 5.41) is 11.1. The summed E-state index contributed by atoms with van der Waals surface area (Å²) in [5.74, 6) is 0.138. The molecule has 2 nitrogen and oxygen atoms in total. The Morgan fingerprint density at radius 2 is 1.18 bits per heavy atom. The minimum absolute atomic E-state index is 0.138. The van der Waals surface area contributed by atoms with Gasteiger partial charge in [0.25, 0.3) is 0 Å². The summed E-state index contributed by atoms with van der Waals surface area (Å²) in [4.78, 5) is 0. The summed E-state index contributed by atoms with van der Waals surface area (Å²) >= 11 is -2.44. The second-order valence-corrected chi connectivity index (χ2v) is 31.0.